The maximum Gasteiger partial charge on any atom is 0.242 e. The molecule has 160 valence electrons. The van der Waals surface area contributed by atoms with Crippen LogP contribution in [0.4, 0.5) is 0 Å². The minimum absolute atomic E-state index is 0.0165. The van der Waals surface area contributed by atoms with Crippen molar-refractivity contribution in [2.24, 2.45) is 5.92 Å². The average molecular weight is 427 g/mol. The molecule has 1 fully saturated rings. The number of thiophene rings is 1. The molecular weight excluding hydrogens is 396 g/mol. The smallest absolute Gasteiger partial charge is 0.242 e. The number of amides is 2. The molecule has 0 radical (unpaired) electrons. The third kappa shape index (κ3) is 4.53. The zero-order valence-electron chi connectivity index (χ0n) is 17.8. The van der Waals surface area contributed by atoms with E-state index < -0.39 is 0 Å². The topological polar surface area (TPSA) is 49.9 Å². The van der Waals surface area contributed by atoms with E-state index >= 15 is 0 Å². The molecule has 5 nitrogen and oxygen atoms in total. The first-order chi connectivity index (χ1) is 14.6. The van der Waals surface area contributed by atoms with Crippen LogP contribution in [0.15, 0.2) is 41.8 Å². The molecule has 0 bridgehead atoms. The van der Waals surface area contributed by atoms with Gasteiger partial charge in [-0.15, -0.1) is 11.3 Å². The molecule has 1 aliphatic carbocycles. The van der Waals surface area contributed by atoms with Gasteiger partial charge < -0.3 is 14.5 Å². The van der Waals surface area contributed by atoms with Crippen LogP contribution >= 0.6 is 11.3 Å². The van der Waals surface area contributed by atoms with Crippen molar-refractivity contribution >= 4 is 23.2 Å². The summed E-state index contributed by atoms with van der Waals surface area (Å²) >= 11 is 1.75. The molecule has 2 heterocycles. The van der Waals surface area contributed by atoms with Crippen molar-refractivity contribution in [3.8, 4) is 5.75 Å². The van der Waals surface area contributed by atoms with Gasteiger partial charge in [0.1, 0.15) is 18.9 Å². The summed E-state index contributed by atoms with van der Waals surface area (Å²) in [5.41, 5.74) is 1.18. The van der Waals surface area contributed by atoms with Crippen molar-refractivity contribution in [3.05, 3.63) is 52.2 Å². The van der Waals surface area contributed by atoms with Crippen LogP contribution in [0.3, 0.4) is 0 Å². The number of nitrogens with zero attached hydrogens (tertiary/aromatic N) is 2. The van der Waals surface area contributed by atoms with Crippen LogP contribution in [0.2, 0.25) is 0 Å². The maximum absolute atomic E-state index is 13.4. The van der Waals surface area contributed by atoms with Crippen LogP contribution in [0.1, 0.15) is 49.6 Å². The van der Waals surface area contributed by atoms with E-state index in [9.17, 15) is 9.59 Å². The van der Waals surface area contributed by atoms with Crippen molar-refractivity contribution in [3.63, 3.8) is 0 Å². The van der Waals surface area contributed by atoms with E-state index in [2.05, 4.69) is 18.4 Å². The van der Waals surface area contributed by atoms with Crippen molar-refractivity contribution in [2.45, 2.75) is 51.6 Å². The SMILES string of the molecule is CC[C@H](C)N(CC(=O)N1CCc2sccc2[C@@H]1COc1ccccc1)C(=O)C1CC1. The zero-order chi connectivity index (χ0) is 21.1. The Labute approximate surface area is 182 Å². The summed E-state index contributed by atoms with van der Waals surface area (Å²) in [5.74, 6) is 1.08. The molecular formula is C24H30N2O3S. The Morgan fingerprint density at radius 3 is 2.70 bits per heavy atom. The third-order valence-corrected chi connectivity index (χ3v) is 7.20. The highest BCUT2D eigenvalue weighted by Gasteiger charge is 2.38. The van der Waals surface area contributed by atoms with Crippen molar-refractivity contribution in [2.75, 3.05) is 19.7 Å². The quantitative estimate of drug-likeness (QED) is 0.633. The maximum atomic E-state index is 13.4. The fourth-order valence-electron chi connectivity index (χ4n) is 4.04. The van der Waals surface area contributed by atoms with E-state index in [4.69, 9.17) is 4.74 Å². The molecule has 1 aliphatic heterocycles. The lowest BCUT2D eigenvalue weighted by Gasteiger charge is -2.38. The molecule has 2 aromatic rings. The molecule has 2 atom stereocenters. The number of benzene rings is 1. The van der Waals surface area contributed by atoms with Gasteiger partial charge in [-0.3, -0.25) is 9.59 Å². The Hall–Kier alpha value is -2.34. The van der Waals surface area contributed by atoms with Crippen LogP contribution in [0, 0.1) is 5.92 Å². The standard InChI is InChI=1S/C24H30N2O3S/c1-3-17(2)26(24(28)18-9-10-18)15-23(27)25-13-11-22-20(12-14-30-22)21(25)16-29-19-7-5-4-6-8-19/h4-8,12,14,17-18,21H,3,9-11,13,15-16H2,1-2H3/t17-,21-/m0/s1. The fourth-order valence-corrected chi connectivity index (χ4v) is 4.97. The number of fused-ring (bicyclic) bond motifs is 1. The van der Waals surface area contributed by atoms with E-state index in [1.807, 2.05) is 42.2 Å². The molecule has 0 unspecified atom stereocenters. The molecule has 0 spiro atoms. The normalized spacial score (nSPS) is 19.1. The van der Waals surface area contributed by atoms with E-state index in [-0.39, 0.29) is 36.4 Å². The van der Waals surface area contributed by atoms with E-state index in [1.165, 1.54) is 10.4 Å². The second-order valence-electron chi connectivity index (χ2n) is 8.27. The Balaban J connectivity index is 1.51. The highest BCUT2D eigenvalue weighted by atomic mass is 32.1. The molecule has 30 heavy (non-hydrogen) atoms. The van der Waals surface area contributed by atoms with Gasteiger partial charge in [-0.05, 0) is 61.7 Å². The van der Waals surface area contributed by atoms with Crippen molar-refractivity contribution < 1.29 is 14.3 Å². The van der Waals surface area contributed by atoms with Gasteiger partial charge in [0.15, 0.2) is 0 Å². The molecule has 2 aliphatic rings. The fraction of sp³-hybridized carbons (Fsp3) is 0.500. The lowest BCUT2D eigenvalue weighted by Crippen LogP contribution is -2.50. The Morgan fingerprint density at radius 1 is 1.23 bits per heavy atom. The molecule has 1 saturated carbocycles. The summed E-state index contributed by atoms with van der Waals surface area (Å²) in [7, 11) is 0. The second-order valence-corrected chi connectivity index (χ2v) is 9.27. The summed E-state index contributed by atoms with van der Waals surface area (Å²) in [6.07, 6.45) is 3.62. The van der Waals surface area contributed by atoms with Crippen LogP contribution in [0.25, 0.3) is 0 Å². The first-order valence-electron chi connectivity index (χ1n) is 10.9. The average Bonchev–Trinajstić information content (AvgIpc) is 3.52. The summed E-state index contributed by atoms with van der Waals surface area (Å²) < 4.78 is 6.05. The van der Waals surface area contributed by atoms with Gasteiger partial charge in [0.25, 0.3) is 0 Å². The summed E-state index contributed by atoms with van der Waals surface area (Å²) in [6, 6.07) is 11.8. The van der Waals surface area contributed by atoms with Crippen molar-refractivity contribution in [1.29, 1.82) is 0 Å². The largest absolute Gasteiger partial charge is 0.491 e. The predicted molar refractivity (Wildman–Crippen MR) is 119 cm³/mol. The molecule has 4 rings (SSSR count). The summed E-state index contributed by atoms with van der Waals surface area (Å²) in [6.45, 7) is 5.35. The van der Waals surface area contributed by atoms with Crippen LogP contribution < -0.4 is 4.74 Å². The first kappa shape index (κ1) is 20.9. The lowest BCUT2D eigenvalue weighted by molar-refractivity contribution is -0.145. The van der Waals surface area contributed by atoms with Gasteiger partial charge in [0.2, 0.25) is 11.8 Å². The van der Waals surface area contributed by atoms with E-state index in [1.54, 1.807) is 16.2 Å². The number of rotatable bonds is 8. The molecule has 0 saturated heterocycles. The summed E-state index contributed by atoms with van der Waals surface area (Å²) in [5, 5.41) is 2.09. The predicted octanol–water partition coefficient (Wildman–Crippen LogP) is 4.29. The minimum Gasteiger partial charge on any atom is -0.491 e. The minimum atomic E-state index is -0.123. The number of carbonyl (C=O) groups excluding carboxylic acids is 2. The summed E-state index contributed by atoms with van der Waals surface area (Å²) in [4.78, 5) is 31.3. The van der Waals surface area contributed by atoms with Gasteiger partial charge in [0, 0.05) is 23.4 Å². The highest BCUT2D eigenvalue weighted by molar-refractivity contribution is 7.10. The third-order valence-electron chi connectivity index (χ3n) is 6.20. The Morgan fingerprint density at radius 2 is 2.00 bits per heavy atom. The number of para-hydroxylation sites is 1. The van der Waals surface area contributed by atoms with Gasteiger partial charge in [0.05, 0.1) is 6.04 Å². The number of carbonyl (C=O) groups is 2. The van der Waals surface area contributed by atoms with E-state index in [0.29, 0.717) is 13.2 Å². The molecule has 0 N–H and O–H groups in total. The van der Waals surface area contributed by atoms with Crippen molar-refractivity contribution in [1.82, 2.24) is 9.80 Å². The highest BCUT2D eigenvalue weighted by Crippen LogP contribution is 2.35. The Kier molecular flexibility index (Phi) is 6.42. The number of hydrogen-bond donors (Lipinski definition) is 0. The van der Waals surface area contributed by atoms with Crippen LogP contribution in [-0.4, -0.2) is 47.4 Å². The Bertz CT molecular complexity index is 878. The van der Waals surface area contributed by atoms with Gasteiger partial charge in [-0.25, -0.2) is 0 Å². The van der Waals surface area contributed by atoms with Crippen LogP contribution in [0.5, 0.6) is 5.75 Å². The lowest BCUT2D eigenvalue weighted by atomic mass is 10.00. The van der Waals surface area contributed by atoms with Gasteiger partial charge in [-0.1, -0.05) is 25.1 Å². The number of ether oxygens (including phenoxy) is 1. The second kappa shape index (κ2) is 9.21. The molecule has 1 aromatic heterocycles. The van der Waals surface area contributed by atoms with Gasteiger partial charge in [-0.2, -0.15) is 0 Å². The molecule has 2 amide bonds. The molecule has 1 aromatic carbocycles. The zero-order valence-corrected chi connectivity index (χ0v) is 18.6. The van der Waals surface area contributed by atoms with Gasteiger partial charge >= 0.3 is 0 Å². The van der Waals surface area contributed by atoms with Crippen LogP contribution in [-0.2, 0) is 16.0 Å². The first-order valence-corrected chi connectivity index (χ1v) is 11.8. The number of hydrogen-bond acceptors (Lipinski definition) is 4. The molecule has 6 heteroatoms. The monoisotopic (exact) mass is 426 g/mol. The van der Waals surface area contributed by atoms with E-state index in [0.717, 1.165) is 31.4 Å².